The van der Waals surface area contributed by atoms with Crippen LogP contribution >= 0.6 is 0 Å². The molecule has 0 spiro atoms. The number of aliphatic hydroxyl groups excluding tert-OH is 1. The first kappa shape index (κ1) is 13.0. The van der Waals surface area contributed by atoms with E-state index in [1.807, 2.05) is 0 Å². The number of nitrogens with one attached hydrogen (secondary N) is 1. The third-order valence-corrected chi connectivity index (χ3v) is 3.48. The summed E-state index contributed by atoms with van der Waals surface area (Å²) in [7, 11) is 0. The number of hydrogen-bond acceptors (Lipinski definition) is 2. The van der Waals surface area contributed by atoms with Crippen LogP contribution in [0.2, 0.25) is 0 Å². The van der Waals surface area contributed by atoms with Gasteiger partial charge in [0.25, 0.3) is 5.91 Å². The maximum atomic E-state index is 14.4. The van der Waals surface area contributed by atoms with E-state index in [0.717, 1.165) is 19.3 Å². The molecule has 1 saturated carbocycles. The molecule has 1 aliphatic carbocycles. The predicted octanol–water partition coefficient (Wildman–Crippen LogP) is 2.41. The second-order valence-corrected chi connectivity index (χ2v) is 4.84. The van der Waals surface area contributed by atoms with E-state index in [4.69, 9.17) is 0 Å². The maximum Gasteiger partial charge on any atom is 0.253 e. The minimum Gasteiger partial charge on any atom is -0.370 e. The molecule has 3 nitrogen and oxygen atoms in total. The fourth-order valence-electron chi connectivity index (χ4n) is 2.34. The highest BCUT2D eigenvalue weighted by molar-refractivity contribution is 5.94. The topological polar surface area (TPSA) is 49.3 Å². The Morgan fingerprint density at radius 3 is 2.44 bits per heavy atom. The molecule has 18 heavy (non-hydrogen) atoms. The standard InChI is InChI=1S/C14H18FNO2/c15-14(9-5-2-6-10-14)13(18)16-12(17)11-7-3-1-4-8-11/h1,3-4,7-8,13,18H,2,5-6,9-10H2,(H,16,17)/t13-/m1/s1. The summed E-state index contributed by atoms with van der Waals surface area (Å²) >= 11 is 0. The van der Waals surface area contributed by atoms with Crippen molar-refractivity contribution >= 4 is 5.91 Å². The van der Waals surface area contributed by atoms with Crippen LogP contribution in [0.25, 0.3) is 0 Å². The van der Waals surface area contributed by atoms with Crippen molar-refractivity contribution in [2.45, 2.75) is 44.0 Å². The molecule has 0 saturated heterocycles. The highest BCUT2D eigenvalue weighted by Gasteiger charge is 2.40. The van der Waals surface area contributed by atoms with Crippen LogP contribution in [0.1, 0.15) is 42.5 Å². The zero-order valence-corrected chi connectivity index (χ0v) is 10.2. The van der Waals surface area contributed by atoms with Crippen molar-refractivity contribution in [3.05, 3.63) is 35.9 Å². The van der Waals surface area contributed by atoms with Crippen molar-refractivity contribution in [2.75, 3.05) is 0 Å². The van der Waals surface area contributed by atoms with E-state index in [1.54, 1.807) is 30.3 Å². The maximum absolute atomic E-state index is 14.4. The summed E-state index contributed by atoms with van der Waals surface area (Å²) in [4.78, 5) is 11.8. The van der Waals surface area contributed by atoms with Gasteiger partial charge in [-0.3, -0.25) is 4.79 Å². The summed E-state index contributed by atoms with van der Waals surface area (Å²) in [6.07, 6.45) is 1.70. The van der Waals surface area contributed by atoms with Gasteiger partial charge < -0.3 is 10.4 Å². The van der Waals surface area contributed by atoms with Crippen LogP contribution in [0, 0.1) is 0 Å². The molecule has 98 valence electrons. The minimum atomic E-state index is -1.68. The zero-order valence-electron chi connectivity index (χ0n) is 10.2. The summed E-state index contributed by atoms with van der Waals surface area (Å²) in [6, 6.07) is 8.52. The number of alkyl halides is 1. The van der Waals surface area contributed by atoms with Crippen LogP contribution in [-0.2, 0) is 0 Å². The van der Waals surface area contributed by atoms with Gasteiger partial charge in [-0.1, -0.05) is 37.5 Å². The third-order valence-electron chi connectivity index (χ3n) is 3.48. The molecule has 0 heterocycles. The van der Waals surface area contributed by atoms with Crippen molar-refractivity contribution in [3.8, 4) is 0 Å². The van der Waals surface area contributed by atoms with Gasteiger partial charge in [-0.25, -0.2) is 4.39 Å². The van der Waals surface area contributed by atoms with E-state index in [2.05, 4.69) is 5.32 Å². The van der Waals surface area contributed by atoms with Gasteiger partial charge >= 0.3 is 0 Å². The van der Waals surface area contributed by atoms with Crippen LogP contribution in [0.15, 0.2) is 30.3 Å². The van der Waals surface area contributed by atoms with E-state index in [-0.39, 0.29) is 0 Å². The summed E-state index contributed by atoms with van der Waals surface area (Å²) < 4.78 is 14.4. The smallest absolute Gasteiger partial charge is 0.253 e. The van der Waals surface area contributed by atoms with Gasteiger partial charge in [0.1, 0.15) is 0 Å². The number of carbonyl (C=O) groups excluding carboxylic acids is 1. The molecular formula is C14H18FNO2. The first-order valence-electron chi connectivity index (χ1n) is 6.35. The Hall–Kier alpha value is -1.42. The lowest BCUT2D eigenvalue weighted by atomic mass is 9.85. The fraction of sp³-hybridized carbons (Fsp3) is 0.500. The molecule has 0 aliphatic heterocycles. The van der Waals surface area contributed by atoms with Gasteiger partial charge in [-0.15, -0.1) is 0 Å². The van der Waals surface area contributed by atoms with E-state index < -0.39 is 17.8 Å². The highest BCUT2D eigenvalue weighted by atomic mass is 19.1. The van der Waals surface area contributed by atoms with Gasteiger partial charge in [0.05, 0.1) is 0 Å². The van der Waals surface area contributed by atoms with Crippen molar-refractivity contribution in [1.29, 1.82) is 0 Å². The molecule has 1 amide bonds. The van der Waals surface area contributed by atoms with Gasteiger partial charge in [-0.05, 0) is 25.0 Å². The molecule has 0 aromatic heterocycles. The van der Waals surface area contributed by atoms with E-state index in [0.29, 0.717) is 18.4 Å². The number of carbonyl (C=O) groups is 1. The first-order chi connectivity index (χ1) is 8.62. The van der Waals surface area contributed by atoms with Gasteiger partial charge in [0, 0.05) is 5.56 Å². The molecule has 1 fully saturated rings. The number of amides is 1. The number of hydrogen-bond donors (Lipinski definition) is 2. The van der Waals surface area contributed by atoms with Gasteiger partial charge in [0.2, 0.25) is 0 Å². The van der Waals surface area contributed by atoms with Crippen LogP contribution in [0.5, 0.6) is 0 Å². The Balaban J connectivity index is 1.98. The molecule has 0 bridgehead atoms. The second kappa shape index (κ2) is 5.48. The Kier molecular flexibility index (Phi) is 3.97. The minimum absolute atomic E-state index is 0.309. The largest absolute Gasteiger partial charge is 0.370 e. The Bertz CT molecular complexity index is 402. The van der Waals surface area contributed by atoms with Crippen molar-refractivity contribution < 1.29 is 14.3 Å². The molecule has 2 rings (SSSR count). The van der Waals surface area contributed by atoms with Crippen LogP contribution in [-0.4, -0.2) is 22.9 Å². The number of halogens is 1. The molecular weight excluding hydrogens is 233 g/mol. The average Bonchev–Trinajstić information content (AvgIpc) is 2.40. The third kappa shape index (κ3) is 2.88. The predicted molar refractivity (Wildman–Crippen MR) is 66.8 cm³/mol. The molecule has 0 unspecified atom stereocenters. The Morgan fingerprint density at radius 2 is 1.83 bits per heavy atom. The normalized spacial score (nSPS) is 20.1. The number of benzene rings is 1. The molecule has 1 aliphatic rings. The van der Waals surface area contributed by atoms with Crippen LogP contribution in [0.3, 0.4) is 0 Å². The SMILES string of the molecule is O=C(N[C@H](O)C1(F)CCCCC1)c1ccccc1. The van der Waals surface area contributed by atoms with Crippen molar-refractivity contribution in [1.82, 2.24) is 5.32 Å². The molecule has 2 N–H and O–H groups in total. The summed E-state index contributed by atoms with van der Waals surface area (Å²) in [5, 5.41) is 12.2. The zero-order chi connectivity index (χ0) is 13.0. The summed E-state index contributed by atoms with van der Waals surface area (Å²) in [5.74, 6) is -0.439. The molecule has 1 aromatic carbocycles. The molecule has 4 heteroatoms. The number of rotatable bonds is 3. The first-order valence-corrected chi connectivity index (χ1v) is 6.35. The molecule has 1 aromatic rings. The summed E-state index contributed by atoms with van der Waals surface area (Å²) in [5.41, 5.74) is -1.25. The van der Waals surface area contributed by atoms with Gasteiger partial charge in [-0.2, -0.15) is 0 Å². The van der Waals surface area contributed by atoms with Crippen molar-refractivity contribution in [2.24, 2.45) is 0 Å². The fourth-order valence-corrected chi connectivity index (χ4v) is 2.34. The lowest BCUT2D eigenvalue weighted by Gasteiger charge is -2.33. The summed E-state index contributed by atoms with van der Waals surface area (Å²) in [6.45, 7) is 0. The number of aliphatic hydroxyl groups is 1. The second-order valence-electron chi connectivity index (χ2n) is 4.84. The lowest BCUT2D eigenvalue weighted by molar-refractivity contribution is -0.0478. The van der Waals surface area contributed by atoms with Crippen molar-refractivity contribution in [3.63, 3.8) is 0 Å². The Labute approximate surface area is 106 Å². The monoisotopic (exact) mass is 251 g/mol. The van der Waals surface area contributed by atoms with E-state index in [9.17, 15) is 14.3 Å². The molecule has 1 atom stereocenters. The highest BCUT2D eigenvalue weighted by Crippen LogP contribution is 2.33. The van der Waals surface area contributed by atoms with Crippen LogP contribution < -0.4 is 5.32 Å². The van der Waals surface area contributed by atoms with Gasteiger partial charge in [0.15, 0.2) is 11.9 Å². The lowest BCUT2D eigenvalue weighted by Crippen LogP contribution is -2.50. The van der Waals surface area contributed by atoms with E-state index in [1.165, 1.54) is 0 Å². The Morgan fingerprint density at radius 1 is 1.22 bits per heavy atom. The molecule has 0 radical (unpaired) electrons. The van der Waals surface area contributed by atoms with Crippen LogP contribution in [0.4, 0.5) is 4.39 Å². The quantitative estimate of drug-likeness (QED) is 0.810. The average molecular weight is 251 g/mol. The van der Waals surface area contributed by atoms with E-state index >= 15 is 0 Å².